The molecule has 2 N–H and O–H groups in total. The van der Waals surface area contributed by atoms with Crippen LogP contribution in [0.1, 0.15) is 20.8 Å². The van der Waals surface area contributed by atoms with Crippen LogP contribution in [0.2, 0.25) is 0 Å². The minimum absolute atomic E-state index is 0.309. The minimum Gasteiger partial charge on any atom is -0.381 e. The Morgan fingerprint density at radius 3 is 2.67 bits per heavy atom. The molecule has 0 radical (unpaired) electrons. The van der Waals surface area contributed by atoms with Crippen LogP contribution in [-0.2, 0) is 4.74 Å². The van der Waals surface area contributed by atoms with E-state index in [0.29, 0.717) is 11.3 Å². The number of nitrogens with two attached hydrogens (primary N) is 1. The topological polar surface area (TPSA) is 38.5 Å². The number of hydrogen-bond donors (Lipinski definition) is 1. The molecule has 72 valence electrons. The summed E-state index contributed by atoms with van der Waals surface area (Å²) in [6.45, 7) is 10.1. The molecular formula is C9H20N2O. The Bertz CT molecular complexity index is 147. The highest BCUT2D eigenvalue weighted by Gasteiger charge is 2.37. The molecule has 12 heavy (non-hydrogen) atoms. The summed E-state index contributed by atoms with van der Waals surface area (Å²) in [4.78, 5) is 0. The number of hydrazine groups is 1. The van der Waals surface area contributed by atoms with Gasteiger partial charge in [-0.1, -0.05) is 13.8 Å². The molecule has 1 aliphatic heterocycles. The number of nitrogens with zero attached hydrogens (tertiary/aromatic N) is 1. The van der Waals surface area contributed by atoms with Gasteiger partial charge in [-0.25, -0.2) is 5.01 Å². The molecular weight excluding hydrogens is 152 g/mol. The lowest BCUT2D eigenvalue weighted by molar-refractivity contribution is 0.0797. The van der Waals surface area contributed by atoms with E-state index in [2.05, 4.69) is 13.8 Å². The van der Waals surface area contributed by atoms with E-state index in [-0.39, 0.29) is 0 Å². The number of ether oxygens (including phenoxy) is 1. The molecule has 0 saturated carbocycles. The van der Waals surface area contributed by atoms with Crippen molar-refractivity contribution in [3.05, 3.63) is 0 Å². The van der Waals surface area contributed by atoms with Gasteiger partial charge in [-0.3, -0.25) is 5.84 Å². The van der Waals surface area contributed by atoms with Crippen LogP contribution in [0.15, 0.2) is 0 Å². The zero-order valence-corrected chi connectivity index (χ0v) is 8.34. The summed E-state index contributed by atoms with van der Waals surface area (Å²) in [6.07, 6.45) is 0. The molecule has 0 amide bonds. The highest BCUT2D eigenvalue weighted by atomic mass is 16.5. The van der Waals surface area contributed by atoms with Crippen LogP contribution in [0.5, 0.6) is 0 Å². The monoisotopic (exact) mass is 172 g/mol. The van der Waals surface area contributed by atoms with Gasteiger partial charge in [-0.2, -0.15) is 0 Å². The molecule has 0 aromatic carbocycles. The van der Waals surface area contributed by atoms with Gasteiger partial charge < -0.3 is 4.74 Å². The molecule has 0 unspecified atom stereocenters. The fourth-order valence-electron chi connectivity index (χ4n) is 1.79. The van der Waals surface area contributed by atoms with E-state index in [4.69, 9.17) is 10.6 Å². The first kappa shape index (κ1) is 9.96. The third-order valence-corrected chi connectivity index (χ3v) is 2.69. The van der Waals surface area contributed by atoms with Crippen LogP contribution >= 0.6 is 0 Å². The van der Waals surface area contributed by atoms with Crippen molar-refractivity contribution in [1.82, 2.24) is 5.01 Å². The Hall–Kier alpha value is -0.120. The molecule has 0 aromatic rings. The predicted molar refractivity (Wildman–Crippen MR) is 49.5 cm³/mol. The molecule has 0 aromatic heterocycles. The average molecular weight is 172 g/mol. The highest BCUT2D eigenvalue weighted by molar-refractivity contribution is 4.88. The Labute approximate surface area is 74.8 Å². The largest absolute Gasteiger partial charge is 0.381 e. The van der Waals surface area contributed by atoms with Crippen LogP contribution in [0, 0.1) is 11.3 Å². The summed E-state index contributed by atoms with van der Waals surface area (Å²) in [5, 5.41) is 1.89. The third-order valence-electron chi connectivity index (χ3n) is 2.69. The maximum Gasteiger partial charge on any atom is 0.0512 e. The molecule has 1 saturated heterocycles. The Morgan fingerprint density at radius 1 is 1.58 bits per heavy atom. The van der Waals surface area contributed by atoms with E-state index >= 15 is 0 Å². The molecule has 1 fully saturated rings. The molecule has 1 heterocycles. The summed E-state index contributed by atoms with van der Waals surface area (Å²) >= 11 is 0. The van der Waals surface area contributed by atoms with Crippen LogP contribution in [0.25, 0.3) is 0 Å². The summed E-state index contributed by atoms with van der Waals surface area (Å²) in [5.41, 5.74) is 0.309. The summed E-state index contributed by atoms with van der Waals surface area (Å²) in [7, 11) is 0. The van der Waals surface area contributed by atoms with Crippen molar-refractivity contribution < 1.29 is 4.74 Å². The van der Waals surface area contributed by atoms with Crippen molar-refractivity contribution in [2.24, 2.45) is 17.2 Å². The lowest BCUT2D eigenvalue weighted by Crippen LogP contribution is -2.29. The van der Waals surface area contributed by atoms with E-state index in [0.717, 1.165) is 26.3 Å². The van der Waals surface area contributed by atoms with Gasteiger partial charge >= 0.3 is 0 Å². The molecule has 1 rings (SSSR count). The van der Waals surface area contributed by atoms with Gasteiger partial charge in [0, 0.05) is 25.6 Å². The standard InChI is InChI=1S/C9H20N2O/c1-4-12-6-8-5-11(10)7-9(8,2)3/h8H,4-7,10H2,1-3H3/t8-/m0/s1. The van der Waals surface area contributed by atoms with Crippen LogP contribution < -0.4 is 5.84 Å². The predicted octanol–water partition coefficient (Wildman–Crippen LogP) is 0.855. The normalized spacial score (nSPS) is 29.5. The molecule has 0 aliphatic carbocycles. The van der Waals surface area contributed by atoms with Crippen molar-refractivity contribution in [3.8, 4) is 0 Å². The van der Waals surface area contributed by atoms with Crippen molar-refractivity contribution in [2.45, 2.75) is 20.8 Å². The zero-order chi connectivity index (χ0) is 9.19. The van der Waals surface area contributed by atoms with Gasteiger partial charge in [0.1, 0.15) is 0 Å². The molecule has 3 nitrogen and oxygen atoms in total. The second kappa shape index (κ2) is 3.73. The zero-order valence-electron chi connectivity index (χ0n) is 8.34. The lowest BCUT2D eigenvalue weighted by Gasteiger charge is -2.24. The molecule has 1 atom stereocenters. The van der Waals surface area contributed by atoms with Gasteiger partial charge in [0.25, 0.3) is 0 Å². The Kier molecular flexibility index (Phi) is 3.09. The number of rotatable bonds is 3. The summed E-state index contributed by atoms with van der Waals surface area (Å²) in [6, 6.07) is 0. The average Bonchev–Trinajstić information content (AvgIpc) is 2.20. The fraction of sp³-hybridized carbons (Fsp3) is 1.00. The van der Waals surface area contributed by atoms with Crippen molar-refractivity contribution in [3.63, 3.8) is 0 Å². The maximum atomic E-state index is 5.75. The minimum atomic E-state index is 0.309. The third kappa shape index (κ3) is 2.19. The van der Waals surface area contributed by atoms with Gasteiger partial charge in [0.05, 0.1) is 6.61 Å². The number of hydrogen-bond acceptors (Lipinski definition) is 3. The van der Waals surface area contributed by atoms with E-state index < -0.39 is 0 Å². The van der Waals surface area contributed by atoms with Crippen molar-refractivity contribution >= 4 is 0 Å². The van der Waals surface area contributed by atoms with E-state index in [1.807, 2.05) is 11.9 Å². The Balaban J connectivity index is 2.42. The second-order valence-electron chi connectivity index (χ2n) is 4.27. The first-order valence-electron chi connectivity index (χ1n) is 4.63. The smallest absolute Gasteiger partial charge is 0.0512 e. The van der Waals surface area contributed by atoms with E-state index in [9.17, 15) is 0 Å². The second-order valence-corrected chi connectivity index (χ2v) is 4.27. The Morgan fingerprint density at radius 2 is 2.25 bits per heavy atom. The van der Waals surface area contributed by atoms with Gasteiger partial charge in [-0.15, -0.1) is 0 Å². The quantitative estimate of drug-likeness (QED) is 0.642. The van der Waals surface area contributed by atoms with Crippen LogP contribution in [-0.4, -0.2) is 31.3 Å². The van der Waals surface area contributed by atoms with Crippen molar-refractivity contribution in [2.75, 3.05) is 26.3 Å². The molecule has 1 aliphatic rings. The van der Waals surface area contributed by atoms with Crippen molar-refractivity contribution in [1.29, 1.82) is 0 Å². The van der Waals surface area contributed by atoms with Crippen LogP contribution in [0.4, 0.5) is 0 Å². The molecule has 3 heteroatoms. The summed E-state index contributed by atoms with van der Waals surface area (Å²) < 4.78 is 5.42. The summed E-state index contributed by atoms with van der Waals surface area (Å²) in [5.74, 6) is 6.34. The first-order valence-corrected chi connectivity index (χ1v) is 4.63. The lowest BCUT2D eigenvalue weighted by atomic mass is 9.83. The SMILES string of the molecule is CCOC[C@@H]1CN(N)CC1(C)C. The highest BCUT2D eigenvalue weighted by Crippen LogP contribution is 2.33. The molecule has 0 bridgehead atoms. The van der Waals surface area contributed by atoms with E-state index in [1.165, 1.54) is 0 Å². The fourth-order valence-corrected chi connectivity index (χ4v) is 1.79. The van der Waals surface area contributed by atoms with E-state index in [1.54, 1.807) is 0 Å². The first-order chi connectivity index (χ1) is 5.56. The van der Waals surface area contributed by atoms with Gasteiger partial charge in [0.2, 0.25) is 0 Å². The van der Waals surface area contributed by atoms with Gasteiger partial charge in [-0.05, 0) is 12.3 Å². The molecule has 0 spiro atoms. The van der Waals surface area contributed by atoms with Gasteiger partial charge in [0.15, 0.2) is 0 Å². The maximum absolute atomic E-state index is 5.75. The van der Waals surface area contributed by atoms with Crippen LogP contribution in [0.3, 0.4) is 0 Å².